The zero-order chi connectivity index (χ0) is 33.9. The van der Waals surface area contributed by atoms with E-state index in [1.54, 1.807) is 43.0 Å². The van der Waals surface area contributed by atoms with Crippen molar-refractivity contribution >= 4 is 29.5 Å². The molecular formula is C35H44N6O6. The first kappa shape index (κ1) is 34.9. The first-order valence-electron chi connectivity index (χ1n) is 16.0. The monoisotopic (exact) mass is 644 g/mol. The quantitative estimate of drug-likeness (QED) is 0.311. The third-order valence-corrected chi connectivity index (χ3v) is 7.97. The molecule has 5 rings (SSSR count). The lowest BCUT2D eigenvalue weighted by atomic mass is 10.0. The molecule has 3 aromatic rings. The molecule has 0 radical (unpaired) electrons. The largest absolute Gasteiger partial charge is 0.448 e. The van der Waals surface area contributed by atoms with Gasteiger partial charge >= 0.3 is 0 Å². The second kappa shape index (κ2) is 16.5. The molecule has 4 N–H and O–H groups in total. The van der Waals surface area contributed by atoms with Crippen molar-refractivity contribution in [1.82, 2.24) is 31.2 Å². The van der Waals surface area contributed by atoms with Crippen LogP contribution in [0.5, 0.6) is 0 Å². The number of oxazole rings is 1. The molecule has 5 amide bonds. The lowest BCUT2D eigenvalue weighted by molar-refractivity contribution is -0.132. The molecule has 2 bridgehead atoms. The molecule has 0 aliphatic carbocycles. The highest BCUT2D eigenvalue weighted by molar-refractivity contribution is 5.99. The van der Waals surface area contributed by atoms with Gasteiger partial charge in [0.05, 0.1) is 0 Å². The summed E-state index contributed by atoms with van der Waals surface area (Å²) in [5, 5.41) is 11.3. The molecule has 0 spiro atoms. The summed E-state index contributed by atoms with van der Waals surface area (Å²) in [7, 11) is 0. The number of hydrogen-bond donors (Lipinski definition) is 4. The molecule has 250 valence electrons. The maximum atomic E-state index is 13.7. The van der Waals surface area contributed by atoms with Gasteiger partial charge in [-0.05, 0) is 62.3 Å². The molecule has 2 aliphatic heterocycles. The summed E-state index contributed by atoms with van der Waals surface area (Å²) in [4.78, 5) is 72.5. The Hall–Kier alpha value is -5.00. The van der Waals surface area contributed by atoms with Crippen LogP contribution in [0, 0.1) is 12.8 Å². The molecule has 2 aliphatic rings. The van der Waals surface area contributed by atoms with Gasteiger partial charge in [-0.1, -0.05) is 56.3 Å². The van der Waals surface area contributed by atoms with Gasteiger partial charge in [0.25, 0.3) is 11.8 Å². The van der Waals surface area contributed by atoms with Crippen LogP contribution in [0.3, 0.4) is 0 Å². The van der Waals surface area contributed by atoms with Crippen LogP contribution in [-0.2, 0) is 27.3 Å². The highest BCUT2D eigenvalue weighted by Crippen LogP contribution is 2.15. The van der Waals surface area contributed by atoms with E-state index in [0.29, 0.717) is 43.7 Å². The Morgan fingerprint density at radius 3 is 2.28 bits per heavy atom. The van der Waals surface area contributed by atoms with Crippen molar-refractivity contribution in [2.75, 3.05) is 13.1 Å². The molecule has 0 saturated carbocycles. The van der Waals surface area contributed by atoms with Crippen molar-refractivity contribution in [3.05, 3.63) is 89.1 Å². The summed E-state index contributed by atoms with van der Waals surface area (Å²) >= 11 is 0. The Labute approximate surface area is 275 Å². The van der Waals surface area contributed by atoms with E-state index in [1.165, 1.54) is 6.39 Å². The normalized spacial score (nSPS) is 20.5. The minimum Gasteiger partial charge on any atom is -0.448 e. The molecule has 3 heterocycles. The predicted molar refractivity (Wildman–Crippen MR) is 175 cm³/mol. The molecule has 0 saturated heterocycles. The Kier molecular flexibility index (Phi) is 12.3. The fourth-order valence-corrected chi connectivity index (χ4v) is 5.34. The second-order valence-corrected chi connectivity index (χ2v) is 12.3. The molecule has 1 aromatic heterocycles. The first-order chi connectivity index (χ1) is 22.5. The van der Waals surface area contributed by atoms with Gasteiger partial charge in [0.15, 0.2) is 12.1 Å². The van der Waals surface area contributed by atoms with E-state index in [-0.39, 0.29) is 36.4 Å². The summed E-state index contributed by atoms with van der Waals surface area (Å²) in [6, 6.07) is 13.4. The minimum absolute atomic E-state index is 0.0602. The Morgan fingerprint density at radius 1 is 0.915 bits per heavy atom. The van der Waals surface area contributed by atoms with Gasteiger partial charge in [0, 0.05) is 31.6 Å². The van der Waals surface area contributed by atoms with Crippen LogP contribution in [0.15, 0.2) is 65.4 Å². The fraction of sp³-hybridized carbons (Fsp3) is 0.429. The third-order valence-electron chi connectivity index (χ3n) is 7.97. The SMILES string of the molecule is Cc1ocnc1C(=O)N1CCCCNC(=O)[C@@H](C)NC(=O)[C@H](CC(C)C)NC(=O)[C@@H](Cc2ccccc2)NC(=O)c2ccc(cc2)C1. The maximum Gasteiger partial charge on any atom is 0.276 e. The number of nitrogens with one attached hydrogen (secondary N) is 4. The van der Waals surface area contributed by atoms with Crippen molar-refractivity contribution in [2.24, 2.45) is 5.92 Å². The lowest BCUT2D eigenvalue weighted by Crippen LogP contribution is -2.57. The summed E-state index contributed by atoms with van der Waals surface area (Å²) in [5.41, 5.74) is 2.19. The highest BCUT2D eigenvalue weighted by Gasteiger charge is 2.30. The van der Waals surface area contributed by atoms with Gasteiger partial charge in [-0.15, -0.1) is 0 Å². The number of benzene rings is 2. The van der Waals surface area contributed by atoms with E-state index in [4.69, 9.17) is 4.42 Å². The molecule has 12 heteroatoms. The van der Waals surface area contributed by atoms with Crippen LogP contribution in [0.1, 0.15) is 77.8 Å². The Balaban J connectivity index is 1.62. The van der Waals surface area contributed by atoms with Gasteiger partial charge in [0.1, 0.15) is 23.9 Å². The zero-order valence-electron chi connectivity index (χ0n) is 27.4. The van der Waals surface area contributed by atoms with Crippen molar-refractivity contribution in [3.63, 3.8) is 0 Å². The smallest absolute Gasteiger partial charge is 0.276 e. The summed E-state index contributed by atoms with van der Waals surface area (Å²) in [5.74, 6) is -1.64. The van der Waals surface area contributed by atoms with Crippen molar-refractivity contribution in [1.29, 1.82) is 0 Å². The van der Waals surface area contributed by atoms with Crippen molar-refractivity contribution in [2.45, 2.75) is 78.0 Å². The number of carbonyl (C=O) groups is 5. The minimum atomic E-state index is -0.985. The number of fused-ring (bicyclic) bond motifs is 18. The van der Waals surface area contributed by atoms with Gasteiger partial charge in [-0.3, -0.25) is 24.0 Å². The number of amides is 5. The van der Waals surface area contributed by atoms with E-state index in [9.17, 15) is 24.0 Å². The molecule has 0 unspecified atom stereocenters. The van der Waals surface area contributed by atoms with Crippen LogP contribution < -0.4 is 21.3 Å². The van der Waals surface area contributed by atoms with Crippen molar-refractivity contribution < 1.29 is 28.4 Å². The van der Waals surface area contributed by atoms with Crippen LogP contribution in [-0.4, -0.2) is 70.6 Å². The number of hydrogen-bond acceptors (Lipinski definition) is 7. The van der Waals surface area contributed by atoms with Crippen LogP contribution in [0.4, 0.5) is 0 Å². The topological polar surface area (TPSA) is 163 Å². The van der Waals surface area contributed by atoms with Gasteiger partial charge in [-0.25, -0.2) is 4.98 Å². The van der Waals surface area contributed by atoms with Gasteiger partial charge in [-0.2, -0.15) is 0 Å². The lowest BCUT2D eigenvalue weighted by Gasteiger charge is -2.25. The standard InChI is InChI=1S/C35H44N6O6/c1-22(2)18-28-33(44)38-23(3)31(42)36-16-8-9-17-41(35(46)30-24(4)47-21-37-30)20-26-12-14-27(15-13-26)32(43)39-29(34(45)40-28)19-25-10-6-5-7-11-25/h5-7,10-15,21-23,28-29H,8-9,16-20H2,1-4H3,(H,36,42)(H,38,44)(H,39,43)(H,40,45)/t23-,28+,29-/m1/s1. The van der Waals surface area contributed by atoms with Gasteiger partial charge < -0.3 is 30.6 Å². The molecule has 0 fully saturated rings. The highest BCUT2D eigenvalue weighted by atomic mass is 16.3. The van der Waals surface area contributed by atoms with Crippen LogP contribution in [0.25, 0.3) is 0 Å². The molecular weight excluding hydrogens is 600 g/mol. The Bertz CT molecular complexity index is 1540. The maximum absolute atomic E-state index is 13.7. The zero-order valence-corrected chi connectivity index (χ0v) is 27.4. The predicted octanol–water partition coefficient (Wildman–Crippen LogP) is 2.91. The summed E-state index contributed by atoms with van der Waals surface area (Å²) in [6.07, 6.45) is 2.95. The summed E-state index contributed by atoms with van der Waals surface area (Å²) in [6.45, 7) is 8.13. The second-order valence-electron chi connectivity index (χ2n) is 12.3. The average molecular weight is 645 g/mol. The van der Waals surface area contributed by atoms with E-state index >= 15 is 0 Å². The molecule has 12 nitrogen and oxygen atoms in total. The van der Waals surface area contributed by atoms with E-state index in [0.717, 1.165) is 11.1 Å². The van der Waals surface area contributed by atoms with Crippen LogP contribution >= 0.6 is 0 Å². The number of aryl methyl sites for hydroxylation is 1. The van der Waals surface area contributed by atoms with Crippen LogP contribution in [0.2, 0.25) is 0 Å². The van der Waals surface area contributed by atoms with E-state index in [1.807, 2.05) is 44.2 Å². The van der Waals surface area contributed by atoms with Gasteiger partial charge in [0.2, 0.25) is 17.7 Å². The van der Waals surface area contributed by atoms with E-state index in [2.05, 4.69) is 26.3 Å². The number of rotatable bonds is 5. The molecule has 2 aromatic carbocycles. The van der Waals surface area contributed by atoms with E-state index < -0.39 is 35.8 Å². The fourth-order valence-electron chi connectivity index (χ4n) is 5.34. The third kappa shape index (κ3) is 9.99. The number of carbonyl (C=O) groups excluding carboxylic acids is 5. The average Bonchev–Trinajstić information content (AvgIpc) is 3.48. The van der Waals surface area contributed by atoms with Crippen molar-refractivity contribution in [3.8, 4) is 0 Å². The molecule has 47 heavy (non-hydrogen) atoms. The first-order valence-corrected chi connectivity index (χ1v) is 16.0. The summed E-state index contributed by atoms with van der Waals surface area (Å²) < 4.78 is 5.25. The Morgan fingerprint density at radius 2 is 1.62 bits per heavy atom. The molecule has 3 atom stereocenters. The number of nitrogens with zero attached hydrogens (tertiary/aromatic N) is 2. The number of aromatic nitrogens is 1.